The van der Waals surface area contributed by atoms with Crippen LogP contribution < -0.4 is 5.73 Å². The molecule has 5 heteroatoms. The highest BCUT2D eigenvalue weighted by atomic mass is 79.9. The fraction of sp³-hybridized carbons (Fsp3) is 0.300. The Balaban J connectivity index is 2.76. The number of hydrogen-bond acceptors (Lipinski definition) is 3. The molecule has 0 spiro atoms. The van der Waals surface area contributed by atoms with Gasteiger partial charge in [0.15, 0.2) is 0 Å². The summed E-state index contributed by atoms with van der Waals surface area (Å²) in [6, 6.07) is 3.79. The van der Waals surface area contributed by atoms with Crippen LogP contribution in [0.4, 0.5) is 4.39 Å². The summed E-state index contributed by atoms with van der Waals surface area (Å²) in [6.45, 7) is 0. The number of halogens is 2. The highest BCUT2D eigenvalue weighted by Crippen LogP contribution is 2.16. The molecule has 1 aromatic carbocycles. The zero-order chi connectivity index (χ0) is 11.4. The van der Waals surface area contributed by atoms with Gasteiger partial charge < -0.3 is 10.5 Å². The summed E-state index contributed by atoms with van der Waals surface area (Å²) in [6.07, 6.45) is 0.131. The normalized spacial score (nSPS) is 12.3. The van der Waals surface area contributed by atoms with Crippen LogP contribution in [0.5, 0.6) is 0 Å². The molecule has 0 aliphatic rings. The lowest BCUT2D eigenvalue weighted by Gasteiger charge is -2.09. The molecule has 15 heavy (non-hydrogen) atoms. The van der Waals surface area contributed by atoms with Crippen LogP contribution in [0, 0.1) is 5.82 Å². The second-order valence-corrected chi connectivity index (χ2v) is 3.99. The number of methoxy groups -OCH3 is 1. The van der Waals surface area contributed by atoms with Crippen molar-refractivity contribution >= 4 is 21.9 Å². The van der Waals surface area contributed by atoms with Gasteiger partial charge in [0.2, 0.25) is 0 Å². The van der Waals surface area contributed by atoms with Gasteiger partial charge in [0.05, 0.1) is 7.11 Å². The number of rotatable bonds is 3. The summed E-state index contributed by atoms with van der Waals surface area (Å²) in [5, 5.41) is 0. The van der Waals surface area contributed by atoms with Gasteiger partial charge >= 0.3 is 5.97 Å². The maximum absolute atomic E-state index is 13.3. The second kappa shape index (κ2) is 5.23. The van der Waals surface area contributed by atoms with Gasteiger partial charge in [-0.2, -0.15) is 0 Å². The van der Waals surface area contributed by atoms with E-state index in [0.29, 0.717) is 10.0 Å². The Morgan fingerprint density at radius 1 is 1.67 bits per heavy atom. The van der Waals surface area contributed by atoms with E-state index in [1.165, 1.54) is 13.2 Å². The third-order valence-corrected chi connectivity index (χ3v) is 2.45. The molecular formula is C10H11BrFNO2. The molecule has 1 atom stereocenters. The van der Waals surface area contributed by atoms with Crippen molar-refractivity contribution in [2.75, 3.05) is 7.11 Å². The van der Waals surface area contributed by atoms with E-state index in [1.807, 2.05) is 0 Å². The Kier molecular flexibility index (Phi) is 4.23. The van der Waals surface area contributed by atoms with Gasteiger partial charge in [-0.25, -0.2) is 4.39 Å². The van der Waals surface area contributed by atoms with Crippen molar-refractivity contribution in [3.8, 4) is 0 Å². The van der Waals surface area contributed by atoms with Crippen molar-refractivity contribution in [1.29, 1.82) is 0 Å². The second-order valence-electron chi connectivity index (χ2n) is 3.07. The topological polar surface area (TPSA) is 52.3 Å². The molecule has 0 bridgehead atoms. The number of hydrogen-bond donors (Lipinski definition) is 1. The predicted octanol–water partition coefficient (Wildman–Crippen LogP) is 1.63. The van der Waals surface area contributed by atoms with E-state index in [1.54, 1.807) is 12.1 Å². The monoisotopic (exact) mass is 275 g/mol. The minimum Gasteiger partial charge on any atom is -0.468 e. The van der Waals surface area contributed by atoms with Crippen LogP contribution in [0.25, 0.3) is 0 Å². The average molecular weight is 276 g/mol. The Hall–Kier alpha value is -0.940. The van der Waals surface area contributed by atoms with Gasteiger partial charge in [-0.3, -0.25) is 4.79 Å². The molecule has 0 fully saturated rings. The molecule has 1 aromatic rings. The van der Waals surface area contributed by atoms with Crippen molar-refractivity contribution in [3.05, 3.63) is 34.1 Å². The first kappa shape index (κ1) is 12.1. The van der Waals surface area contributed by atoms with Crippen LogP contribution in [0.2, 0.25) is 0 Å². The third-order valence-electron chi connectivity index (χ3n) is 1.96. The standard InChI is InChI=1S/C10H11BrFNO2/c1-15-10(14)9(13)4-6-2-3-7(11)5-8(6)12/h2-3,5,9H,4,13H2,1H3. The summed E-state index contributed by atoms with van der Waals surface area (Å²) in [5.41, 5.74) is 5.91. The van der Waals surface area contributed by atoms with E-state index in [2.05, 4.69) is 20.7 Å². The van der Waals surface area contributed by atoms with Crippen LogP contribution in [0.15, 0.2) is 22.7 Å². The number of esters is 1. The van der Waals surface area contributed by atoms with Gasteiger partial charge in [-0.05, 0) is 17.7 Å². The highest BCUT2D eigenvalue weighted by Gasteiger charge is 2.16. The molecule has 0 aliphatic heterocycles. The van der Waals surface area contributed by atoms with Crippen molar-refractivity contribution in [3.63, 3.8) is 0 Å². The minimum absolute atomic E-state index is 0.131. The van der Waals surface area contributed by atoms with Crippen molar-refractivity contribution in [2.24, 2.45) is 5.73 Å². The fourth-order valence-corrected chi connectivity index (χ4v) is 1.49. The predicted molar refractivity (Wildman–Crippen MR) is 57.8 cm³/mol. The average Bonchev–Trinajstić information content (AvgIpc) is 2.20. The molecule has 0 aromatic heterocycles. The molecule has 0 heterocycles. The fourth-order valence-electron chi connectivity index (χ4n) is 1.16. The zero-order valence-electron chi connectivity index (χ0n) is 8.17. The first-order chi connectivity index (χ1) is 7.04. The van der Waals surface area contributed by atoms with E-state index >= 15 is 0 Å². The SMILES string of the molecule is COC(=O)C(N)Cc1ccc(Br)cc1F. The summed E-state index contributed by atoms with van der Waals surface area (Å²) in [7, 11) is 1.25. The van der Waals surface area contributed by atoms with Crippen LogP contribution in [-0.2, 0) is 16.0 Å². The number of ether oxygens (including phenoxy) is 1. The van der Waals surface area contributed by atoms with Crippen LogP contribution in [-0.4, -0.2) is 19.1 Å². The van der Waals surface area contributed by atoms with Gasteiger partial charge in [-0.1, -0.05) is 22.0 Å². The van der Waals surface area contributed by atoms with Gasteiger partial charge in [0.25, 0.3) is 0 Å². The molecule has 0 saturated heterocycles. The summed E-state index contributed by atoms with van der Waals surface area (Å²) in [4.78, 5) is 11.0. The molecule has 2 N–H and O–H groups in total. The van der Waals surface area contributed by atoms with Crippen LogP contribution in [0.1, 0.15) is 5.56 Å². The molecule has 0 amide bonds. The van der Waals surface area contributed by atoms with Crippen molar-refractivity contribution in [1.82, 2.24) is 0 Å². The van der Waals surface area contributed by atoms with E-state index in [9.17, 15) is 9.18 Å². The molecular weight excluding hydrogens is 265 g/mol. The highest BCUT2D eigenvalue weighted by molar-refractivity contribution is 9.10. The van der Waals surface area contributed by atoms with E-state index < -0.39 is 12.0 Å². The Morgan fingerprint density at radius 3 is 2.87 bits per heavy atom. The molecule has 0 radical (unpaired) electrons. The number of nitrogens with two attached hydrogens (primary N) is 1. The third kappa shape index (κ3) is 3.28. The van der Waals surface area contributed by atoms with Gasteiger partial charge in [0.1, 0.15) is 11.9 Å². The van der Waals surface area contributed by atoms with Crippen LogP contribution in [0.3, 0.4) is 0 Å². The largest absolute Gasteiger partial charge is 0.468 e. The summed E-state index contributed by atoms with van der Waals surface area (Å²) >= 11 is 3.14. The van der Waals surface area contributed by atoms with Gasteiger partial charge in [0, 0.05) is 10.9 Å². The quantitative estimate of drug-likeness (QED) is 0.854. The number of carbonyl (C=O) groups is 1. The summed E-state index contributed by atoms with van der Waals surface area (Å²) < 4.78 is 18.4. The van der Waals surface area contributed by atoms with Crippen molar-refractivity contribution in [2.45, 2.75) is 12.5 Å². The molecule has 0 aliphatic carbocycles. The maximum atomic E-state index is 13.3. The lowest BCUT2D eigenvalue weighted by Crippen LogP contribution is -2.33. The number of carbonyl (C=O) groups excluding carboxylic acids is 1. The first-order valence-electron chi connectivity index (χ1n) is 4.32. The minimum atomic E-state index is -0.828. The lowest BCUT2D eigenvalue weighted by molar-refractivity contribution is -0.142. The zero-order valence-corrected chi connectivity index (χ0v) is 9.75. The van der Waals surface area contributed by atoms with E-state index in [4.69, 9.17) is 5.73 Å². The molecule has 3 nitrogen and oxygen atoms in total. The lowest BCUT2D eigenvalue weighted by atomic mass is 10.1. The molecule has 82 valence electrons. The first-order valence-corrected chi connectivity index (χ1v) is 5.11. The van der Waals surface area contributed by atoms with Gasteiger partial charge in [-0.15, -0.1) is 0 Å². The van der Waals surface area contributed by atoms with E-state index in [0.717, 1.165) is 0 Å². The van der Waals surface area contributed by atoms with Crippen LogP contribution >= 0.6 is 15.9 Å². The Bertz CT molecular complexity index is 370. The Labute approximate surface area is 95.5 Å². The molecule has 1 unspecified atom stereocenters. The van der Waals surface area contributed by atoms with Crippen molar-refractivity contribution < 1.29 is 13.9 Å². The Morgan fingerprint density at radius 2 is 2.33 bits per heavy atom. The molecule has 1 rings (SSSR count). The smallest absolute Gasteiger partial charge is 0.322 e. The van der Waals surface area contributed by atoms with E-state index in [-0.39, 0.29) is 12.2 Å². The molecule has 0 saturated carbocycles. The number of benzene rings is 1. The summed E-state index contributed by atoms with van der Waals surface area (Å²) in [5.74, 6) is -0.930. The maximum Gasteiger partial charge on any atom is 0.322 e.